The highest BCUT2D eigenvalue weighted by atomic mass is 16.6. The molecule has 0 spiro atoms. The van der Waals surface area contributed by atoms with Crippen LogP contribution in [0.1, 0.15) is 71.6 Å². The Morgan fingerprint density at radius 2 is 1.63 bits per heavy atom. The van der Waals surface area contributed by atoms with Crippen LogP contribution in [0.5, 0.6) is 0 Å². The highest BCUT2D eigenvalue weighted by Crippen LogP contribution is 2.20. The average molecular weight is 265 g/mol. The van der Waals surface area contributed by atoms with E-state index in [-0.39, 0.29) is 0 Å². The lowest BCUT2D eigenvalue weighted by atomic mass is 9.91. The normalized spacial score (nSPS) is 13.1. The summed E-state index contributed by atoms with van der Waals surface area (Å²) in [5, 5.41) is 4.11. The molecule has 2 heteroatoms. The van der Waals surface area contributed by atoms with E-state index in [0.29, 0.717) is 5.92 Å². The van der Waals surface area contributed by atoms with Gasteiger partial charge in [0.15, 0.2) is 0 Å². The second-order valence-corrected chi connectivity index (χ2v) is 5.03. The Balaban J connectivity index is 4.25. The first-order valence-corrected chi connectivity index (χ1v) is 7.77. The maximum Gasteiger partial charge on any atom is 0.114 e. The van der Waals surface area contributed by atoms with Crippen molar-refractivity contribution in [1.82, 2.24) is 0 Å². The molecule has 0 saturated heterocycles. The van der Waals surface area contributed by atoms with Crippen molar-refractivity contribution >= 4 is 5.71 Å². The monoisotopic (exact) mass is 265 g/mol. The Morgan fingerprint density at radius 1 is 1.00 bits per heavy atom. The molecule has 1 unspecified atom stereocenters. The summed E-state index contributed by atoms with van der Waals surface area (Å²) >= 11 is 0. The molecule has 0 aliphatic carbocycles. The molecule has 110 valence electrons. The van der Waals surface area contributed by atoms with Crippen molar-refractivity contribution < 1.29 is 4.84 Å². The smallest absolute Gasteiger partial charge is 0.114 e. The van der Waals surface area contributed by atoms with Crippen molar-refractivity contribution in [2.45, 2.75) is 71.6 Å². The van der Waals surface area contributed by atoms with Gasteiger partial charge in [0.25, 0.3) is 0 Å². The number of allylic oxidation sites excluding steroid dienone is 1. The van der Waals surface area contributed by atoms with E-state index in [1.165, 1.54) is 64.0 Å². The van der Waals surface area contributed by atoms with E-state index in [1.54, 1.807) is 0 Å². The molecular formula is C17H31NO. The van der Waals surface area contributed by atoms with E-state index in [9.17, 15) is 0 Å². The minimum Gasteiger partial charge on any atom is -0.365 e. The second kappa shape index (κ2) is 13.4. The fourth-order valence-electron chi connectivity index (χ4n) is 2.26. The van der Waals surface area contributed by atoms with Crippen LogP contribution in [0.2, 0.25) is 0 Å². The molecule has 0 radical (unpaired) electrons. The van der Waals surface area contributed by atoms with Crippen LogP contribution in [0, 0.1) is 5.92 Å². The fourth-order valence-corrected chi connectivity index (χ4v) is 2.26. The highest BCUT2D eigenvalue weighted by Gasteiger charge is 2.13. The number of rotatable bonds is 13. The Labute approximate surface area is 119 Å². The first-order chi connectivity index (χ1) is 9.29. The van der Waals surface area contributed by atoms with Crippen LogP contribution in [0.25, 0.3) is 0 Å². The standard InChI is InChI=1S/C17H31NO/c1-5-9-11-12-13-15-16(14-10-6-2)17(7-3)18-19-8-4/h7-8,16H,3-6,9-15H2,1-2H3/b18-17+. The Kier molecular flexibility index (Phi) is 12.6. The van der Waals surface area contributed by atoms with Gasteiger partial charge < -0.3 is 4.84 Å². The zero-order valence-corrected chi connectivity index (χ0v) is 12.9. The van der Waals surface area contributed by atoms with Gasteiger partial charge in [-0.3, -0.25) is 0 Å². The van der Waals surface area contributed by atoms with Crippen LogP contribution in [0.3, 0.4) is 0 Å². The lowest BCUT2D eigenvalue weighted by Crippen LogP contribution is -2.13. The molecule has 0 aromatic carbocycles. The second-order valence-electron chi connectivity index (χ2n) is 5.03. The Hall–Kier alpha value is -1.05. The van der Waals surface area contributed by atoms with Gasteiger partial charge in [0.05, 0.1) is 5.71 Å². The van der Waals surface area contributed by atoms with Crippen molar-refractivity contribution in [3.05, 3.63) is 25.5 Å². The summed E-state index contributed by atoms with van der Waals surface area (Å²) in [4.78, 5) is 4.97. The SMILES string of the molecule is C=CO/N=C(\C=C)C(CCCC)CCCCCCC. The summed E-state index contributed by atoms with van der Waals surface area (Å²) in [7, 11) is 0. The quantitative estimate of drug-likeness (QED) is 0.177. The van der Waals surface area contributed by atoms with Crippen molar-refractivity contribution in [2.24, 2.45) is 11.1 Å². The minimum absolute atomic E-state index is 0.485. The van der Waals surface area contributed by atoms with Gasteiger partial charge in [-0.05, 0) is 18.9 Å². The van der Waals surface area contributed by atoms with Gasteiger partial charge in [0.2, 0.25) is 0 Å². The first-order valence-electron chi connectivity index (χ1n) is 7.77. The van der Waals surface area contributed by atoms with Crippen molar-refractivity contribution in [2.75, 3.05) is 0 Å². The maximum absolute atomic E-state index is 4.97. The third kappa shape index (κ3) is 9.52. The molecule has 0 aliphatic heterocycles. The minimum atomic E-state index is 0.485. The molecule has 0 aromatic heterocycles. The average Bonchev–Trinajstić information content (AvgIpc) is 2.44. The number of hydrogen-bond acceptors (Lipinski definition) is 2. The molecule has 0 bridgehead atoms. The van der Waals surface area contributed by atoms with E-state index < -0.39 is 0 Å². The predicted molar refractivity (Wildman–Crippen MR) is 85.3 cm³/mol. The molecule has 0 amide bonds. The van der Waals surface area contributed by atoms with Crippen molar-refractivity contribution in [3.8, 4) is 0 Å². The van der Waals surface area contributed by atoms with E-state index in [2.05, 4.69) is 32.2 Å². The van der Waals surface area contributed by atoms with Crippen molar-refractivity contribution in [3.63, 3.8) is 0 Å². The number of nitrogens with zero attached hydrogens (tertiary/aromatic N) is 1. The summed E-state index contributed by atoms with van der Waals surface area (Å²) in [6.07, 6.45) is 14.6. The van der Waals surface area contributed by atoms with Gasteiger partial charge in [-0.25, -0.2) is 0 Å². The van der Waals surface area contributed by atoms with E-state index in [0.717, 1.165) is 5.71 Å². The van der Waals surface area contributed by atoms with Crippen LogP contribution >= 0.6 is 0 Å². The third-order valence-corrected chi connectivity index (χ3v) is 3.42. The third-order valence-electron chi connectivity index (χ3n) is 3.42. The van der Waals surface area contributed by atoms with Crippen LogP contribution in [-0.2, 0) is 4.84 Å². The van der Waals surface area contributed by atoms with Gasteiger partial charge in [0, 0.05) is 5.92 Å². The van der Waals surface area contributed by atoms with Gasteiger partial charge in [-0.1, -0.05) is 77.1 Å². The number of hydrogen-bond donors (Lipinski definition) is 0. The summed E-state index contributed by atoms with van der Waals surface area (Å²) in [6.45, 7) is 11.9. The predicted octanol–water partition coefficient (Wildman–Crippen LogP) is 5.86. The molecule has 0 heterocycles. The first kappa shape index (κ1) is 17.9. The van der Waals surface area contributed by atoms with Crippen LogP contribution in [0.15, 0.2) is 30.7 Å². The molecule has 0 rings (SSSR count). The fraction of sp³-hybridized carbons (Fsp3) is 0.706. The van der Waals surface area contributed by atoms with Crippen LogP contribution in [0.4, 0.5) is 0 Å². The molecular weight excluding hydrogens is 234 g/mol. The van der Waals surface area contributed by atoms with E-state index in [1.807, 2.05) is 6.08 Å². The molecule has 0 saturated carbocycles. The Bertz CT molecular complexity index is 258. The van der Waals surface area contributed by atoms with Gasteiger partial charge in [-0.15, -0.1) is 0 Å². The van der Waals surface area contributed by atoms with E-state index >= 15 is 0 Å². The van der Waals surface area contributed by atoms with Crippen LogP contribution < -0.4 is 0 Å². The molecule has 19 heavy (non-hydrogen) atoms. The van der Waals surface area contributed by atoms with Gasteiger partial charge >= 0.3 is 0 Å². The Morgan fingerprint density at radius 3 is 2.21 bits per heavy atom. The lowest BCUT2D eigenvalue weighted by Gasteiger charge is -2.16. The van der Waals surface area contributed by atoms with E-state index in [4.69, 9.17) is 4.84 Å². The molecule has 1 atom stereocenters. The molecule has 0 aromatic rings. The van der Waals surface area contributed by atoms with Crippen LogP contribution in [-0.4, -0.2) is 5.71 Å². The summed E-state index contributed by atoms with van der Waals surface area (Å²) in [5.41, 5.74) is 0.976. The zero-order chi connectivity index (χ0) is 14.3. The summed E-state index contributed by atoms with van der Waals surface area (Å²) < 4.78 is 0. The number of unbranched alkanes of at least 4 members (excludes halogenated alkanes) is 5. The topological polar surface area (TPSA) is 21.6 Å². The number of oxime groups is 1. The lowest BCUT2D eigenvalue weighted by molar-refractivity contribution is 0.266. The maximum atomic E-state index is 4.97. The molecule has 2 nitrogen and oxygen atoms in total. The van der Waals surface area contributed by atoms with Gasteiger partial charge in [0.1, 0.15) is 6.26 Å². The van der Waals surface area contributed by atoms with Crippen molar-refractivity contribution in [1.29, 1.82) is 0 Å². The summed E-state index contributed by atoms with van der Waals surface area (Å²) in [5.74, 6) is 0.485. The largest absolute Gasteiger partial charge is 0.365 e. The molecule has 0 aliphatic rings. The highest BCUT2D eigenvalue weighted by molar-refractivity contribution is 5.95. The summed E-state index contributed by atoms with van der Waals surface area (Å²) in [6, 6.07) is 0. The van der Waals surface area contributed by atoms with Gasteiger partial charge in [-0.2, -0.15) is 0 Å². The molecule has 0 fully saturated rings. The zero-order valence-electron chi connectivity index (χ0n) is 12.9. The molecule has 0 N–H and O–H groups in total.